The first-order valence-corrected chi connectivity index (χ1v) is 8.84. The summed E-state index contributed by atoms with van der Waals surface area (Å²) >= 11 is 0. The molecular formula is C18H18N6O4. The van der Waals surface area contributed by atoms with E-state index in [1.165, 1.54) is 10.7 Å². The highest BCUT2D eigenvalue weighted by Crippen LogP contribution is 2.18. The zero-order chi connectivity index (χ0) is 19.5. The standard InChI is InChI=1S/C18H18N6O4/c25-18(14-5-2-8-28-14)21-13-4-1-3-12(9-13)10-19-15-6-7-16-20-11-17(24(26)27)23(16)22-15/h1,3-4,6-7,9,11,14H,2,5,8,10H2,(H,19,22)(H,21,25). The Hall–Kier alpha value is -3.53. The smallest absolute Gasteiger partial charge is 0.368 e. The molecule has 2 N–H and O–H groups in total. The minimum atomic E-state index is -0.531. The average molecular weight is 382 g/mol. The first-order valence-electron chi connectivity index (χ1n) is 8.84. The molecule has 1 aliphatic heterocycles. The van der Waals surface area contributed by atoms with Crippen molar-refractivity contribution in [3.05, 3.63) is 58.3 Å². The Morgan fingerprint density at radius 1 is 1.36 bits per heavy atom. The van der Waals surface area contributed by atoms with Gasteiger partial charge in [-0.3, -0.25) is 4.79 Å². The van der Waals surface area contributed by atoms with Crippen molar-refractivity contribution in [3.63, 3.8) is 0 Å². The van der Waals surface area contributed by atoms with Crippen molar-refractivity contribution in [2.75, 3.05) is 17.2 Å². The maximum absolute atomic E-state index is 12.2. The average Bonchev–Trinajstić information content (AvgIpc) is 3.36. The number of nitrogens with zero attached hydrogens (tertiary/aromatic N) is 4. The van der Waals surface area contributed by atoms with E-state index in [0.29, 0.717) is 30.3 Å². The summed E-state index contributed by atoms with van der Waals surface area (Å²) in [6.45, 7) is 1.05. The number of amides is 1. The lowest BCUT2D eigenvalue weighted by Gasteiger charge is -2.11. The van der Waals surface area contributed by atoms with E-state index in [4.69, 9.17) is 4.74 Å². The van der Waals surface area contributed by atoms with Gasteiger partial charge in [0.05, 0.1) is 0 Å². The largest absolute Gasteiger partial charge is 0.368 e. The third-order valence-corrected chi connectivity index (χ3v) is 4.42. The molecular weight excluding hydrogens is 364 g/mol. The highest BCUT2D eigenvalue weighted by Gasteiger charge is 2.23. The highest BCUT2D eigenvalue weighted by atomic mass is 16.6. The summed E-state index contributed by atoms with van der Waals surface area (Å²) in [5, 5.41) is 21.2. The number of anilines is 2. The van der Waals surface area contributed by atoms with E-state index >= 15 is 0 Å². The maximum Gasteiger partial charge on any atom is 0.368 e. The summed E-state index contributed by atoms with van der Waals surface area (Å²) < 4.78 is 6.57. The number of carbonyl (C=O) groups excluding carboxylic acids is 1. The number of fused-ring (bicyclic) bond motifs is 1. The minimum Gasteiger partial charge on any atom is -0.368 e. The molecule has 2 aromatic heterocycles. The van der Waals surface area contributed by atoms with E-state index in [1.54, 1.807) is 12.1 Å². The molecule has 144 valence electrons. The third kappa shape index (κ3) is 3.76. The van der Waals surface area contributed by atoms with E-state index in [0.717, 1.165) is 18.4 Å². The molecule has 0 radical (unpaired) electrons. The van der Waals surface area contributed by atoms with Crippen LogP contribution in [-0.2, 0) is 16.1 Å². The molecule has 10 nitrogen and oxygen atoms in total. The van der Waals surface area contributed by atoms with Crippen LogP contribution in [0.3, 0.4) is 0 Å². The van der Waals surface area contributed by atoms with E-state index in [2.05, 4.69) is 20.7 Å². The van der Waals surface area contributed by atoms with Gasteiger partial charge in [0.15, 0.2) is 5.82 Å². The Morgan fingerprint density at radius 2 is 2.25 bits per heavy atom. The van der Waals surface area contributed by atoms with Crippen LogP contribution in [0.2, 0.25) is 0 Å². The van der Waals surface area contributed by atoms with Gasteiger partial charge in [0.2, 0.25) is 5.65 Å². The molecule has 3 heterocycles. The van der Waals surface area contributed by atoms with Gasteiger partial charge in [-0.2, -0.15) is 0 Å². The summed E-state index contributed by atoms with van der Waals surface area (Å²) in [5.74, 6) is 0.141. The van der Waals surface area contributed by atoms with Crippen LogP contribution in [0, 0.1) is 10.1 Å². The number of carbonyl (C=O) groups is 1. The van der Waals surface area contributed by atoms with Gasteiger partial charge in [-0.15, -0.1) is 0 Å². The molecule has 0 saturated carbocycles. The molecule has 1 atom stereocenters. The first-order chi connectivity index (χ1) is 13.6. The fourth-order valence-electron chi connectivity index (χ4n) is 3.04. The molecule has 0 aliphatic carbocycles. The predicted octanol–water partition coefficient (Wildman–Crippen LogP) is 2.37. The van der Waals surface area contributed by atoms with Gasteiger partial charge in [0.25, 0.3) is 5.91 Å². The summed E-state index contributed by atoms with van der Waals surface area (Å²) in [6.07, 6.45) is 2.42. The summed E-state index contributed by atoms with van der Waals surface area (Å²) in [5.41, 5.74) is 2.01. The van der Waals surface area contributed by atoms with Crippen LogP contribution < -0.4 is 10.6 Å². The van der Waals surface area contributed by atoms with Gasteiger partial charge < -0.3 is 25.5 Å². The van der Waals surface area contributed by atoms with Gasteiger partial charge in [0.1, 0.15) is 12.3 Å². The Kier molecular flexibility index (Phi) is 4.85. The number of hydrogen-bond acceptors (Lipinski definition) is 7. The van der Waals surface area contributed by atoms with Crippen molar-refractivity contribution < 1.29 is 14.5 Å². The minimum absolute atomic E-state index is 0.137. The van der Waals surface area contributed by atoms with Crippen LogP contribution in [0.15, 0.2) is 42.6 Å². The first kappa shape index (κ1) is 17.9. The molecule has 1 aromatic carbocycles. The third-order valence-electron chi connectivity index (χ3n) is 4.42. The number of hydrogen-bond donors (Lipinski definition) is 2. The lowest BCUT2D eigenvalue weighted by Crippen LogP contribution is -2.26. The van der Waals surface area contributed by atoms with Crippen molar-refractivity contribution in [2.24, 2.45) is 0 Å². The lowest BCUT2D eigenvalue weighted by atomic mass is 10.2. The van der Waals surface area contributed by atoms with Crippen molar-refractivity contribution in [3.8, 4) is 0 Å². The second kappa shape index (κ2) is 7.61. The van der Waals surface area contributed by atoms with Crippen LogP contribution >= 0.6 is 0 Å². The molecule has 4 rings (SSSR count). The number of ether oxygens (including phenoxy) is 1. The second-order valence-electron chi connectivity index (χ2n) is 6.41. The Balaban J connectivity index is 1.43. The second-order valence-corrected chi connectivity index (χ2v) is 6.41. The Bertz CT molecular complexity index is 1030. The number of imidazole rings is 1. The monoisotopic (exact) mass is 382 g/mol. The highest BCUT2D eigenvalue weighted by molar-refractivity contribution is 5.94. The van der Waals surface area contributed by atoms with Crippen molar-refractivity contribution >= 4 is 28.9 Å². The van der Waals surface area contributed by atoms with Crippen molar-refractivity contribution in [1.82, 2.24) is 14.6 Å². The fourth-order valence-corrected chi connectivity index (χ4v) is 3.04. The quantitative estimate of drug-likeness (QED) is 0.495. The van der Waals surface area contributed by atoms with Gasteiger partial charge >= 0.3 is 5.82 Å². The number of nitrogens with one attached hydrogen (secondary N) is 2. The number of benzene rings is 1. The Labute approximate surface area is 159 Å². The maximum atomic E-state index is 12.2. The topological polar surface area (TPSA) is 124 Å². The molecule has 10 heteroatoms. The molecule has 1 unspecified atom stereocenters. The molecule has 1 amide bonds. The fraction of sp³-hybridized carbons (Fsp3) is 0.278. The predicted molar refractivity (Wildman–Crippen MR) is 101 cm³/mol. The van der Waals surface area contributed by atoms with Crippen LogP contribution in [0.25, 0.3) is 5.65 Å². The molecule has 3 aromatic rings. The van der Waals surface area contributed by atoms with E-state index < -0.39 is 4.92 Å². The van der Waals surface area contributed by atoms with E-state index in [-0.39, 0.29) is 17.8 Å². The molecule has 1 fully saturated rings. The molecule has 0 bridgehead atoms. The van der Waals surface area contributed by atoms with Gasteiger partial charge in [0, 0.05) is 24.9 Å². The molecule has 1 saturated heterocycles. The van der Waals surface area contributed by atoms with Gasteiger partial charge in [-0.1, -0.05) is 21.7 Å². The number of nitro groups is 1. The SMILES string of the molecule is O=C(Nc1cccc(CNc2ccc3ncc([N+](=O)[O-])n3n2)c1)C1CCCO1. The van der Waals surface area contributed by atoms with E-state index in [1.807, 2.05) is 24.3 Å². The molecule has 1 aliphatic rings. The van der Waals surface area contributed by atoms with Crippen LogP contribution in [0.1, 0.15) is 18.4 Å². The summed E-state index contributed by atoms with van der Waals surface area (Å²) in [4.78, 5) is 26.6. The van der Waals surface area contributed by atoms with Crippen molar-refractivity contribution in [1.29, 1.82) is 0 Å². The van der Waals surface area contributed by atoms with Crippen molar-refractivity contribution in [2.45, 2.75) is 25.5 Å². The van der Waals surface area contributed by atoms with Crippen LogP contribution in [0.5, 0.6) is 0 Å². The van der Waals surface area contributed by atoms with Gasteiger partial charge in [-0.05, 0) is 41.5 Å². The molecule has 28 heavy (non-hydrogen) atoms. The summed E-state index contributed by atoms with van der Waals surface area (Å²) in [6, 6.07) is 10.8. The number of rotatable bonds is 6. The number of aromatic nitrogens is 3. The van der Waals surface area contributed by atoms with E-state index in [9.17, 15) is 14.9 Å². The van der Waals surface area contributed by atoms with Crippen LogP contribution in [0.4, 0.5) is 17.3 Å². The van der Waals surface area contributed by atoms with Gasteiger partial charge in [-0.25, -0.2) is 4.98 Å². The zero-order valence-corrected chi connectivity index (χ0v) is 14.9. The Morgan fingerprint density at radius 3 is 3.04 bits per heavy atom. The molecule has 0 spiro atoms. The zero-order valence-electron chi connectivity index (χ0n) is 14.9. The summed E-state index contributed by atoms with van der Waals surface area (Å²) in [7, 11) is 0. The lowest BCUT2D eigenvalue weighted by molar-refractivity contribution is -0.391. The van der Waals surface area contributed by atoms with Crippen LogP contribution in [-0.4, -0.2) is 38.1 Å². The normalized spacial score (nSPS) is 16.2.